The van der Waals surface area contributed by atoms with Gasteiger partial charge in [0.2, 0.25) is 0 Å². The summed E-state index contributed by atoms with van der Waals surface area (Å²) in [5.74, 6) is -0.352. The van der Waals surface area contributed by atoms with E-state index in [1.165, 1.54) is 0 Å². The topological polar surface area (TPSA) is 57.5 Å². The van der Waals surface area contributed by atoms with Crippen molar-refractivity contribution in [2.45, 2.75) is 0 Å². The molecule has 0 unspecified atom stereocenters. The van der Waals surface area contributed by atoms with Crippen molar-refractivity contribution < 1.29 is 15.0 Å². The van der Waals surface area contributed by atoms with E-state index in [0.29, 0.717) is 11.8 Å². The zero-order valence-electron chi connectivity index (χ0n) is 2.92. The molecule has 0 spiro atoms. The first-order chi connectivity index (χ1) is 2.77. The van der Waals surface area contributed by atoms with Gasteiger partial charge in [-0.2, -0.15) is 0 Å². The van der Waals surface area contributed by atoms with Gasteiger partial charge in [0, 0.05) is 0 Å². The van der Waals surface area contributed by atoms with Gasteiger partial charge in [0.25, 0.3) is 0 Å². The van der Waals surface area contributed by atoms with Gasteiger partial charge in [0.1, 0.15) is 0 Å². The number of aliphatic hydroxyl groups excluding tert-OH is 1. The second kappa shape index (κ2) is 2.99. The number of carbonyl (C=O) groups is 1. The van der Waals surface area contributed by atoms with Gasteiger partial charge in [-0.1, -0.05) is 0 Å². The van der Waals surface area contributed by atoms with E-state index < -0.39 is 5.30 Å². The highest BCUT2D eigenvalue weighted by Gasteiger charge is 1.89. The average Bonchev–Trinajstić information content (AvgIpc) is 1.35. The summed E-state index contributed by atoms with van der Waals surface area (Å²) >= 11 is 0.458. The molecule has 2 N–H and O–H groups in total. The quantitative estimate of drug-likeness (QED) is 0.476. The third-order valence-electron chi connectivity index (χ3n) is 0.188. The summed E-state index contributed by atoms with van der Waals surface area (Å²) in [7, 11) is 0. The largest absolute Gasteiger partial charge is 0.473 e. The van der Waals surface area contributed by atoms with E-state index in [1.807, 2.05) is 0 Å². The minimum atomic E-state index is -1.04. The van der Waals surface area contributed by atoms with E-state index in [0.717, 1.165) is 0 Å². The van der Waals surface area contributed by atoms with E-state index in [9.17, 15) is 4.79 Å². The van der Waals surface area contributed by atoms with Crippen molar-refractivity contribution >= 4 is 17.1 Å². The minimum absolute atomic E-state index is 0.352. The molecule has 0 radical (unpaired) electrons. The van der Waals surface area contributed by atoms with Crippen molar-refractivity contribution in [3.05, 3.63) is 0 Å². The van der Waals surface area contributed by atoms with Crippen LogP contribution >= 0.6 is 11.8 Å². The lowest BCUT2D eigenvalue weighted by atomic mass is 11.6. The first kappa shape index (κ1) is 5.78. The summed E-state index contributed by atoms with van der Waals surface area (Å²) in [5, 5.41) is 14.5. The predicted molar refractivity (Wildman–Crippen MR) is 22.7 cm³/mol. The molecule has 3 nitrogen and oxygen atoms in total. The summed E-state index contributed by atoms with van der Waals surface area (Å²) in [5.41, 5.74) is 0. The normalized spacial score (nSPS) is 8.17. The summed E-state index contributed by atoms with van der Waals surface area (Å²) < 4.78 is 0. The van der Waals surface area contributed by atoms with Gasteiger partial charge in [-0.15, -0.1) is 0 Å². The highest BCUT2D eigenvalue weighted by Crippen LogP contribution is 1.94. The second-order valence-corrected chi connectivity index (χ2v) is 1.44. The molecular formula is C2H4O3S. The van der Waals surface area contributed by atoms with Crippen LogP contribution in [-0.4, -0.2) is 21.5 Å². The van der Waals surface area contributed by atoms with Crippen LogP contribution in [0.3, 0.4) is 0 Å². The van der Waals surface area contributed by atoms with Crippen LogP contribution in [0.4, 0.5) is 4.79 Å². The molecule has 0 fully saturated rings. The third kappa shape index (κ3) is 3.78. The lowest BCUT2D eigenvalue weighted by molar-refractivity contribution is 0.221. The Labute approximate surface area is 39.0 Å². The van der Waals surface area contributed by atoms with Crippen LogP contribution in [0.2, 0.25) is 0 Å². The van der Waals surface area contributed by atoms with Crippen molar-refractivity contribution in [2.24, 2.45) is 0 Å². The van der Waals surface area contributed by atoms with Crippen LogP contribution in [0.25, 0.3) is 0 Å². The van der Waals surface area contributed by atoms with Crippen molar-refractivity contribution in [1.82, 2.24) is 0 Å². The molecule has 0 saturated heterocycles. The van der Waals surface area contributed by atoms with Gasteiger partial charge in [0.15, 0.2) is 0 Å². The number of hydrogen-bond acceptors (Lipinski definition) is 3. The number of aliphatic hydroxyl groups is 1. The van der Waals surface area contributed by atoms with Crippen molar-refractivity contribution in [2.75, 3.05) is 5.94 Å². The van der Waals surface area contributed by atoms with Crippen LogP contribution in [-0.2, 0) is 0 Å². The first-order valence-corrected chi connectivity index (χ1v) is 2.22. The molecule has 0 aliphatic carbocycles. The Morgan fingerprint density at radius 1 is 1.83 bits per heavy atom. The fourth-order valence-corrected chi connectivity index (χ4v) is 0.166. The van der Waals surface area contributed by atoms with Crippen molar-refractivity contribution in [1.29, 1.82) is 0 Å². The predicted octanol–water partition coefficient (Wildman–Crippen LogP) is 0.347. The van der Waals surface area contributed by atoms with Gasteiger partial charge >= 0.3 is 5.30 Å². The maximum absolute atomic E-state index is 9.40. The number of hydrogen-bond donors (Lipinski definition) is 2. The molecule has 0 saturated carbocycles. The van der Waals surface area contributed by atoms with E-state index in [1.54, 1.807) is 0 Å². The molecule has 4 heteroatoms. The molecular weight excluding hydrogens is 104 g/mol. The lowest BCUT2D eigenvalue weighted by Crippen LogP contribution is -1.83. The van der Waals surface area contributed by atoms with Gasteiger partial charge in [0.05, 0.1) is 5.94 Å². The van der Waals surface area contributed by atoms with Crippen LogP contribution in [0.5, 0.6) is 0 Å². The summed E-state index contributed by atoms with van der Waals surface area (Å²) in [6, 6.07) is 0. The number of thioether (sulfide) groups is 1. The molecule has 0 atom stereocenters. The molecule has 0 aliphatic heterocycles. The van der Waals surface area contributed by atoms with Crippen LogP contribution < -0.4 is 0 Å². The van der Waals surface area contributed by atoms with Crippen molar-refractivity contribution in [3.8, 4) is 0 Å². The van der Waals surface area contributed by atoms with E-state index in [-0.39, 0.29) is 5.94 Å². The molecule has 0 aromatic carbocycles. The van der Waals surface area contributed by atoms with Gasteiger partial charge in [-0.25, -0.2) is 4.79 Å². The Hall–Kier alpha value is -0.220. The average molecular weight is 108 g/mol. The summed E-state index contributed by atoms with van der Waals surface area (Å²) in [6.07, 6.45) is 0. The van der Waals surface area contributed by atoms with Gasteiger partial charge in [-0.05, 0) is 11.8 Å². The fraction of sp³-hybridized carbons (Fsp3) is 0.500. The van der Waals surface area contributed by atoms with Gasteiger partial charge in [-0.3, -0.25) is 0 Å². The van der Waals surface area contributed by atoms with Crippen molar-refractivity contribution in [3.63, 3.8) is 0 Å². The maximum Gasteiger partial charge on any atom is 0.367 e. The second-order valence-electron chi connectivity index (χ2n) is 0.539. The molecule has 36 valence electrons. The number of carboxylic acid groups (broad SMARTS) is 1. The SMILES string of the molecule is O=C(O)SCO. The molecule has 6 heavy (non-hydrogen) atoms. The van der Waals surface area contributed by atoms with E-state index >= 15 is 0 Å². The molecule has 0 bridgehead atoms. The minimum Gasteiger partial charge on any atom is -0.473 e. The lowest BCUT2D eigenvalue weighted by Gasteiger charge is -1.79. The Morgan fingerprint density at radius 2 is 2.33 bits per heavy atom. The highest BCUT2D eigenvalue weighted by atomic mass is 32.2. The zero-order chi connectivity index (χ0) is 4.99. The van der Waals surface area contributed by atoms with E-state index in [2.05, 4.69) is 0 Å². The molecule has 0 rings (SSSR count). The smallest absolute Gasteiger partial charge is 0.367 e. The van der Waals surface area contributed by atoms with E-state index in [4.69, 9.17) is 10.2 Å². The Morgan fingerprint density at radius 3 is 2.33 bits per heavy atom. The maximum atomic E-state index is 9.40. The zero-order valence-corrected chi connectivity index (χ0v) is 3.73. The molecule has 0 aromatic heterocycles. The summed E-state index contributed by atoms with van der Waals surface area (Å²) in [4.78, 5) is 9.40. The van der Waals surface area contributed by atoms with Gasteiger partial charge < -0.3 is 10.2 Å². The van der Waals surface area contributed by atoms with Crippen LogP contribution in [0.15, 0.2) is 0 Å². The number of rotatable bonds is 1. The Kier molecular flexibility index (Phi) is 2.88. The molecule has 0 heterocycles. The summed E-state index contributed by atoms with van der Waals surface area (Å²) in [6.45, 7) is 0. The molecule has 0 aliphatic rings. The highest BCUT2D eigenvalue weighted by molar-refractivity contribution is 8.13. The molecule has 0 amide bonds. The first-order valence-electron chi connectivity index (χ1n) is 1.24. The Balaban J connectivity index is 2.83. The van der Waals surface area contributed by atoms with Crippen LogP contribution in [0.1, 0.15) is 0 Å². The third-order valence-corrected chi connectivity index (χ3v) is 0.564. The monoisotopic (exact) mass is 108 g/mol. The standard InChI is InChI=1S/C2H4O3S/c3-1-6-2(4)5/h3H,1H2,(H,4,5). The fourth-order valence-electron chi connectivity index (χ4n) is 0.0552. The van der Waals surface area contributed by atoms with Crippen LogP contribution in [0, 0.1) is 0 Å². The molecule has 0 aromatic rings. The Bertz CT molecular complexity index is 52.8.